The molecule has 72 valence electrons. The van der Waals surface area contributed by atoms with E-state index in [-0.39, 0.29) is 11.2 Å². The van der Waals surface area contributed by atoms with Crippen molar-refractivity contribution in [2.45, 2.75) is 0 Å². The average molecular weight is 230 g/mol. The molecule has 0 aromatic carbocycles. The Morgan fingerprint density at radius 3 is 2.50 bits per heavy atom. The highest BCUT2D eigenvalue weighted by Gasteiger charge is 2.22. The zero-order valence-corrected chi connectivity index (χ0v) is 8.07. The Kier molecular flexibility index (Phi) is 1.35. The molecular weight excluding hydrogens is 228 g/mol. The molecule has 9 heteroatoms. The van der Waals surface area contributed by atoms with E-state index in [1.165, 1.54) is 3.97 Å². The van der Waals surface area contributed by atoms with E-state index in [4.69, 9.17) is 0 Å². The second-order valence-corrected chi connectivity index (χ2v) is 4.55. The third kappa shape index (κ3) is 0.780. The molecule has 0 radical (unpaired) electrons. The van der Waals surface area contributed by atoms with Gasteiger partial charge in [0.2, 0.25) is 0 Å². The maximum absolute atomic E-state index is 11.6. The van der Waals surface area contributed by atoms with E-state index < -0.39 is 16.9 Å². The van der Waals surface area contributed by atoms with Crippen LogP contribution in [-0.4, -0.2) is 17.9 Å². The van der Waals surface area contributed by atoms with Crippen LogP contribution < -0.4 is 16.9 Å². The molecule has 3 rings (SSSR count). The molecule has 0 atom stereocenters. The van der Waals surface area contributed by atoms with Gasteiger partial charge < -0.3 is 0 Å². The predicted molar refractivity (Wildman–Crippen MR) is 53.4 cm³/mol. The Balaban J connectivity index is 2.78. The lowest BCUT2D eigenvalue weighted by molar-refractivity contribution is 0.994. The molecule has 14 heavy (non-hydrogen) atoms. The summed E-state index contributed by atoms with van der Waals surface area (Å²) in [6, 6.07) is 0. The van der Waals surface area contributed by atoms with Crippen LogP contribution in [0.1, 0.15) is 0 Å². The van der Waals surface area contributed by atoms with Crippen LogP contribution in [0.2, 0.25) is 0 Å². The van der Waals surface area contributed by atoms with E-state index in [1.54, 1.807) is 0 Å². The number of H-pyrrole nitrogens is 2. The zero-order valence-electron chi connectivity index (χ0n) is 6.44. The molecule has 0 amide bonds. The molecular formula is C5H2N4O3S2. The third-order valence-corrected chi connectivity index (χ3v) is 3.96. The molecule has 0 saturated carbocycles. The van der Waals surface area contributed by atoms with Crippen molar-refractivity contribution in [3.05, 3.63) is 31.3 Å². The number of fused-ring (bicyclic) bond motifs is 4. The summed E-state index contributed by atoms with van der Waals surface area (Å²) < 4.78 is 2.26. The van der Waals surface area contributed by atoms with Crippen LogP contribution in [-0.2, 0) is 0 Å². The van der Waals surface area contributed by atoms with Gasteiger partial charge in [0.05, 0.1) is 22.0 Å². The van der Waals surface area contributed by atoms with Crippen molar-refractivity contribution in [2.75, 3.05) is 0 Å². The fourth-order valence-corrected chi connectivity index (χ4v) is 3.30. The number of aromatic amines is 2. The van der Waals surface area contributed by atoms with Crippen LogP contribution in [0, 0.1) is 0 Å². The second kappa shape index (κ2) is 2.36. The minimum atomic E-state index is -0.491. The van der Waals surface area contributed by atoms with E-state index in [1.807, 2.05) is 0 Å². The first kappa shape index (κ1) is 8.00. The molecule has 0 unspecified atom stereocenters. The maximum Gasteiger partial charge on any atom is 0.354 e. The topological polar surface area (TPSA) is 92.7 Å². The largest absolute Gasteiger partial charge is 0.354 e. The van der Waals surface area contributed by atoms with E-state index in [0.717, 1.165) is 25.9 Å². The van der Waals surface area contributed by atoms with Crippen LogP contribution in [0.25, 0.3) is 11.2 Å². The quantitative estimate of drug-likeness (QED) is 0.572. The molecule has 0 aliphatic carbocycles. The summed E-state index contributed by atoms with van der Waals surface area (Å²) >= 11 is 0. The Morgan fingerprint density at radius 1 is 1.00 bits per heavy atom. The molecule has 0 saturated heterocycles. The summed E-state index contributed by atoms with van der Waals surface area (Å²) in [5.41, 5.74) is -1.05. The van der Waals surface area contributed by atoms with E-state index in [2.05, 4.69) is 9.97 Å². The van der Waals surface area contributed by atoms with Gasteiger partial charge in [-0.25, -0.2) is 13.6 Å². The highest BCUT2D eigenvalue weighted by atomic mass is 33.1. The van der Waals surface area contributed by atoms with Gasteiger partial charge in [0.25, 0.3) is 5.56 Å². The van der Waals surface area contributed by atoms with Crippen LogP contribution in [0.5, 0.6) is 0 Å². The smallest absolute Gasteiger partial charge is 0.300 e. The molecule has 7 nitrogen and oxygen atoms in total. The molecule has 2 aromatic rings. The minimum Gasteiger partial charge on any atom is -0.300 e. The van der Waals surface area contributed by atoms with Crippen LogP contribution in [0.15, 0.2) is 14.4 Å². The van der Waals surface area contributed by atoms with Crippen molar-refractivity contribution in [2.24, 2.45) is 0 Å². The summed E-state index contributed by atoms with van der Waals surface area (Å²) in [4.78, 5) is 38.7. The molecule has 1 aliphatic rings. The van der Waals surface area contributed by atoms with Crippen molar-refractivity contribution in [3.8, 4) is 0 Å². The van der Waals surface area contributed by atoms with Crippen molar-refractivity contribution in [1.82, 2.24) is 17.9 Å². The maximum atomic E-state index is 11.6. The van der Waals surface area contributed by atoms with Gasteiger partial charge in [-0.3, -0.25) is 14.8 Å². The summed E-state index contributed by atoms with van der Waals surface area (Å²) in [5.74, 6) is 0. The van der Waals surface area contributed by atoms with E-state index in [9.17, 15) is 14.4 Å². The van der Waals surface area contributed by atoms with Gasteiger partial charge in [-0.15, -0.1) is 0 Å². The molecule has 1 aliphatic heterocycles. The van der Waals surface area contributed by atoms with Crippen molar-refractivity contribution in [3.63, 3.8) is 0 Å². The third-order valence-electron chi connectivity index (χ3n) is 1.84. The van der Waals surface area contributed by atoms with Crippen LogP contribution in [0.4, 0.5) is 0 Å². The van der Waals surface area contributed by atoms with Crippen molar-refractivity contribution in [1.29, 1.82) is 0 Å². The van der Waals surface area contributed by atoms with Gasteiger partial charge in [0.15, 0.2) is 11.2 Å². The lowest BCUT2D eigenvalue weighted by Gasteiger charge is -1.91. The second-order valence-electron chi connectivity index (χ2n) is 2.63. The SMILES string of the molecule is O=c1[nH]c2c(=O)n3c(=O)n(c2[nH]1)SS3. The monoisotopic (exact) mass is 230 g/mol. The normalized spacial score (nSPS) is 14.0. The number of aromatic nitrogens is 4. The standard InChI is InChI=1S/C5H2N4O3S2/c10-3-1-2(7-4(11)6-1)8-5(12)9(3)14-13-8/h(H2,6,7,11). The molecule has 2 N–H and O–H groups in total. The number of hydrogen-bond donors (Lipinski definition) is 2. The van der Waals surface area contributed by atoms with Gasteiger partial charge in [-0.2, -0.15) is 3.97 Å². The summed E-state index contributed by atoms with van der Waals surface area (Å²) in [7, 11) is 2.13. The van der Waals surface area contributed by atoms with Gasteiger partial charge in [-0.1, -0.05) is 0 Å². The number of imidazole rings is 1. The zero-order chi connectivity index (χ0) is 9.87. The Bertz CT molecular complexity index is 704. The highest BCUT2D eigenvalue weighted by Crippen LogP contribution is 2.28. The molecule has 0 spiro atoms. The van der Waals surface area contributed by atoms with Gasteiger partial charge in [0.1, 0.15) is 0 Å². The molecule has 0 fully saturated rings. The fourth-order valence-electron chi connectivity index (χ4n) is 1.25. The first-order chi connectivity index (χ1) is 6.68. The van der Waals surface area contributed by atoms with Crippen molar-refractivity contribution < 1.29 is 0 Å². The highest BCUT2D eigenvalue weighted by molar-refractivity contribution is 8.75. The molecule has 2 bridgehead atoms. The first-order valence-corrected chi connectivity index (χ1v) is 5.60. The van der Waals surface area contributed by atoms with Gasteiger partial charge in [-0.05, 0) is 0 Å². The number of nitrogens with one attached hydrogen (secondary N) is 2. The van der Waals surface area contributed by atoms with Crippen molar-refractivity contribution >= 4 is 33.1 Å². The van der Waals surface area contributed by atoms with Crippen LogP contribution >= 0.6 is 22.0 Å². The predicted octanol–water partition coefficient (Wildman–Crippen LogP) is -0.899. The Morgan fingerprint density at radius 2 is 1.71 bits per heavy atom. The first-order valence-electron chi connectivity index (χ1n) is 3.54. The Labute approximate surface area is 82.8 Å². The van der Waals surface area contributed by atoms with E-state index in [0.29, 0.717) is 0 Å². The number of rotatable bonds is 0. The molecule has 2 aromatic heterocycles. The lowest BCUT2D eigenvalue weighted by Crippen LogP contribution is -2.30. The lowest BCUT2D eigenvalue weighted by atomic mass is 10.5. The Hall–Kier alpha value is -1.35. The fraction of sp³-hybridized carbons (Fsp3) is 0. The summed E-state index contributed by atoms with van der Waals surface area (Å²) in [5, 5.41) is 0. The summed E-state index contributed by atoms with van der Waals surface area (Å²) in [6.07, 6.45) is 0. The number of hydrogen-bond acceptors (Lipinski definition) is 5. The minimum absolute atomic E-state index is 0.132. The molecule has 3 heterocycles. The number of nitrogens with zero attached hydrogens (tertiary/aromatic N) is 2. The van der Waals surface area contributed by atoms with Crippen LogP contribution in [0.3, 0.4) is 0 Å². The van der Waals surface area contributed by atoms with Gasteiger partial charge >= 0.3 is 11.4 Å². The average Bonchev–Trinajstić information content (AvgIpc) is 2.64. The summed E-state index contributed by atoms with van der Waals surface area (Å²) in [6.45, 7) is 0. The van der Waals surface area contributed by atoms with Gasteiger partial charge in [0, 0.05) is 0 Å². The van der Waals surface area contributed by atoms with E-state index >= 15 is 0 Å².